The molecule has 3 rings (SSSR count). The molecule has 0 aliphatic carbocycles. The minimum absolute atomic E-state index is 0.0306. The van der Waals surface area contributed by atoms with Crippen molar-refractivity contribution in [3.63, 3.8) is 0 Å². The molecule has 1 fully saturated rings. The minimum atomic E-state index is -0.750. The molecule has 0 unspecified atom stereocenters. The molecule has 2 aromatic carbocycles. The molecule has 2 atom stereocenters. The molecule has 1 aliphatic rings. The second-order valence-corrected chi connectivity index (χ2v) is 7.01. The lowest BCUT2D eigenvalue weighted by molar-refractivity contribution is -0.127. The molecule has 0 radical (unpaired) electrons. The molecule has 0 bridgehead atoms. The van der Waals surface area contributed by atoms with Crippen molar-refractivity contribution >= 4 is 11.7 Å². The van der Waals surface area contributed by atoms with E-state index in [2.05, 4.69) is 5.32 Å². The summed E-state index contributed by atoms with van der Waals surface area (Å²) in [6.07, 6.45) is 0.173. The monoisotopic (exact) mass is 357 g/mol. The normalized spacial score (nSPS) is 19.5. The molecule has 1 amide bonds. The summed E-state index contributed by atoms with van der Waals surface area (Å²) in [5.74, 6) is -3.20. The van der Waals surface area contributed by atoms with E-state index in [4.69, 9.17) is 0 Å². The number of hydrogen-bond donors (Lipinski definition) is 1. The number of amides is 1. The number of halogens is 2. The maximum Gasteiger partial charge on any atom is 0.224 e. The molecule has 5 heteroatoms. The van der Waals surface area contributed by atoms with Gasteiger partial charge >= 0.3 is 0 Å². The highest BCUT2D eigenvalue weighted by Crippen LogP contribution is 2.35. The van der Waals surface area contributed by atoms with Crippen LogP contribution >= 0.6 is 0 Å². The number of carbonyl (C=O) groups excluding carboxylic acids is 2. The number of Topliss-reactive ketones (excluding diaryl/α,β-unsaturated/α-hetero) is 1. The second-order valence-electron chi connectivity index (χ2n) is 7.01. The van der Waals surface area contributed by atoms with Gasteiger partial charge in [-0.3, -0.25) is 9.59 Å². The zero-order valence-electron chi connectivity index (χ0n) is 14.8. The van der Waals surface area contributed by atoms with E-state index in [1.165, 1.54) is 12.1 Å². The number of aryl methyl sites for hydroxylation is 2. The highest BCUT2D eigenvalue weighted by Gasteiger charge is 2.39. The predicted molar refractivity (Wildman–Crippen MR) is 94.8 cm³/mol. The summed E-state index contributed by atoms with van der Waals surface area (Å²) in [7, 11) is 0. The molecule has 26 heavy (non-hydrogen) atoms. The third-order valence-electron chi connectivity index (χ3n) is 4.88. The van der Waals surface area contributed by atoms with Crippen molar-refractivity contribution in [1.82, 2.24) is 5.32 Å². The summed E-state index contributed by atoms with van der Waals surface area (Å²) in [6, 6.07) is 10.1. The van der Waals surface area contributed by atoms with Crippen LogP contribution in [0, 0.1) is 31.4 Å². The predicted octanol–water partition coefficient (Wildman–Crippen LogP) is 3.61. The second kappa shape index (κ2) is 7.36. The Kier molecular flexibility index (Phi) is 5.16. The largest absolute Gasteiger partial charge is 0.355 e. The number of rotatable bonds is 5. The van der Waals surface area contributed by atoms with Crippen LogP contribution in [0.4, 0.5) is 8.78 Å². The number of carbonyl (C=O) groups is 2. The summed E-state index contributed by atoms with van der Waals surface area (Å²) < 4.78 is 28.6. The molecule has 3 nitrogen and oxygen atoms in total. The van der Waals surface area contributed by atoms with E-state index in [-0.39, 0.29) is 36.6 Å². The molecular formula is C21H21F2NO2. The lowest BCUT2D eigenvalue weighted by Crippen LogP contribution is -2.23. The fraction of sp³-hybridized carbons (Fsp3) is 0.333. The average molecular weight is 357 g/mol. The molecule has 0 saturated carbocycles. The van der Waals surface area contributed by atoms with Gasteiger partial charge in [0.1, 0.15) is 17.4 Å². The van der Waals surface area contributed by atoms with Crippen LogP contribution in [0.1, 0.15) is 34.6 Å². The van der Waals surface area contributed by atoms with Crippen molar-refractivity contribution in [1.29, 1.82) is 0 Å². The number of hydrogen-bond acceptors (Lipinski definition) is 2. The lowest BCUT2D eigenvalue weighted by atomic mass is 9.83. The Morgan fingerprint density at radius 1 is 1.08 bits per heavy atom. The fourth-order valence-electron chi connectivity index (χ4n) is 3.52. The van der Waals surface area contributed by atoms with E-state index in [0.29, 0.717) is 5.56 Å². The SMILES string of the molecule is Cc1ccc(CC(=O)C[C@@H]2C(=O)NC[C@H]2c2c(F)cc(C)cc2F)cc1. The van der Waals surface area contributed by atoms with E-state index in [1.54, 1.807) is 6.92 Å². The lowest BCUT2D eigenvalue weighted by Gasteiger charge is -2.18. The van der Waals surface area contributed by atoms with Gasteiger partial charge < -0.3 is 5.32 Å². The van der Waals surface area contributed by atoms with E-state index in [0.717, 1.165) is 11.1 Å². The average Bonchev–Trinajstić information content (AvgIpc) is 2.90. The number of nitrogens with one attached hydrogen (secondary N) is 1. The van der Waals surface area contributed by atoms with Crippen LogP contribution in [-0.2, 0) is 16.0 Å². The maximum atomic E-state index is 14.3. The molecule has 1 saturated heterocycles. The molecule has 136 valence electrons. The van der Waals surface area contributed by atoms with E-state index >= 15 is 0 Å². The van der Waals surface area contributed by atoms with Gasteiger partial charge in [0.15, 0.2) is 0 Å². The first kappa shape index (κ1) is 18.2. The zero-order chi connectivity index (χ0) is 18.8. The Morgan fingerprint density at radius 3 is 2.31 bits per heavy atom. The van der Waals surface area contributed by atoms with E-state index < -0.39 is 23.5 Å². The van der Waals surface area contributed by atoms with E-state index in [9.17, 15) is 18.4 Å². The van der Waals surface area contributed by atoms with Crippen molar-refractivity contribution in [2.45, 2.75) is 32.6 Å². The fourth-order valence-corrected chi connectivity index (χ4v) is 3.52. The van der Waals surface area contributed by atoms with Crippen LogP contribution in [0.3, 0.4) is 0 Å². The highest BCUT2D eigenvalue weighted by atomic mass is 19.1. The Morgan fingerprint density at radius 2 is 1.69 bits per heavy atom. The van der Waals surface area contributed by atoms with Gasteiger partial charge in [-0.2, -0.15) is 0 Å². The molecule has 1 heterocycles. The van der Waals surface area contributed by atoms with Crippen LogP contribution < -0.4 is 5.32 Å². The Balaban J connectivity index is 1.78. The Labute approximate surface area is 151 Å². The van der Waals surface area contributed by atoms with Crippen molar-refractivity contribution < 1.29 is 18.4 Å². The van der Waals surface area contributed by atoms with Gasteiger partial charge in [0.2, 0.25) is 5.91 Å². The molecule has 0 spiro atoms. The molecule has 0 aromatic heterocycles. The standard InChI is InChI=1S/C21H21F2NO2/c1-12-3-5-14(6-4-12)9-15(25)10-16-17(11-24-21(16)26)20-18(22)7-13(2)8-19(20)23/h3-8,16-17H,9-11H2,1-2H3,(H,24,26)/t16-,17+/m0/s1. The number of benzene rings is 2. The Bertz CT molecular complexity index is 823. The molecular weight excluding hydrogens is 336 g/mol. The Hall–Kier alpha value is -2.56. The van der Waals surface area contributed by atoms with Gasteiger partial charge in [-0.05, 0) is 37.1 Å². The molecule has 1 aliphatic heterocycles. The van der Waals surface area contributed by atoms with Gasteiger partial charge in [0.05, 0.1) is 5.92 Å². The van der Waals surface area contributed by atoms with Gasteiger partial charge in [-0.1, -0.05) is 29.8 Å². The molecule has 1 N–H and O–H groups in total. The maximum absolute atomic E-state index is 14.3. The van der Waals surface area contributed by atoms with Crippen LogP contribution in [0.25, 0.3) is 0 Å². The summed E-state index contributed by atoms with van der Waals surface area (Å²) in [6.45, 7) is 3.71. The first-order valence-corrected chi connectivity index (χ1v) is 8.65. The first-order chi connectivity index (χ1) is 12.3. The van der Waals surface area contributed by atoms with Gasteiger partial charge in [-0.25, -0.2) is 8.78 Å². The molecule has 2 aromatic rings. The number of ketones is 1. The van der Waals surface area contributed by atoms with Crippen molar-refractivity contribution in [2.24, 2.45) is 5.92 Å². The third-order valence-corrected chi connectivity index (χ3v) is 4.88. The summed E-state index contributed by atoms with van der Waals surface area (Å²) in [4.78, 5) is 24.6. The van der Waals surface area contributed by atoms with E-state index in [1.807, 2.05) is 31.2 Å². The van der Waals surface area contributed by atoms with Gasteiger partial charge in [0, 0.05) is 30.9 Å². The zero-order valence-corrected chi connectivity index (χ0v) is 14.8. The van der Waals surface area contributed by atoms with Gasteiger partial charge in [0.25, 0.3) is 0 Å². The summed E-state index contributed by atoms with van der Waals surface area (Å²) in [5, 5.41) is 2.64. The van der Waals surface area contributed by atoms with Crippen LogP contribution in [0.15, 0.2) is 36.4 Å². The summed E-state index contributed by atoms with van der Waals surface area (Å²) >= 11 is 0. The van der Waals surface area contributed by atoms with Gasteiger partial charge in [-0.15, -0.1) is 0 Å². The van der Waals surface area contributed by atoms with Crippen LogP contribution in [-0.4, -0.2) is 18.2 Å². The van der Waals surface area contributed by atoms with Crippen LogP contribution in [0.5, 0.6) is 0 Å². The van der Waals surface area contributed by atoms with Crippen LogP contribution in [0.2, 0.25) is 0 Å². The summed E-state index contributed by atoms with van der Waals surface area (Å²) in [5.41, 5.74) is 2.33. The smallest absolute Gasteiger partial charge is 0.224 e. The topological polar surface area (TPSA) is 46.2 Å². The first-order valence-electron chi connectivity index (χ1n) is 8.65. The minimum Gasteiger partial charge on any atom is -0.355 e. The highest BCUT2D eigenvalue weighted by molar-refractivity contribution is 5.90. The van der Waals surface area contributed by atoms with Crippen molar-refractivity contribution in [3.8, 4) is 0 Å². The van der Waals surface area contributed by atoms with Crippen molar-refractivity contribution in [2.75, 3.05) is 6.54 Å². The van der Waals surface area contributed by atoms with Crippen molar-refractivity contribution in [3.05, 3.63) is 70.3 Å². The third kappa shape index (κ3) is 3.82. The quantitative estimate of drug-likeness (QED) is 0.888.